The van der Waals surface area contributed by atoms with Crippen molar-refractivity contribution in [2.45, 2.75) is 44.1 Å². The Bertz CT molecular complexity index is 1070. The van der Waals surface area contributed by atoms with E-state index < -0.39 is 0 Å². The van der Waals surface area contributed by atoms with Crippen molar-refractivity contribution in [3.8, 4) is 0 Å². The van der Waals surface area contributed by atoms with Crippen LogP contribution in [0.1, 0.15) is 36.7 Å². The molecule has 3 aromatic rings. The summed E-state index contributed by atoms with van der Waals surface area (Å²) in [5.74, 6) is 0.129. The number of aryl methyl sites for hydroxylation is 1. The van der Waals surface area contributed by atoms with Gasteiger partial charge in [-0.25, -0.2) is 4.98 Å². The lowest BCUT2D eigenvalue weighted by atomic mass is 10.0. The summed E-state index contributed by atoms with van der Waals surface area (Å²) < 4.78 is 2.15. The molecule has 0 unspecified atom stereocenters. The maximum absolute atomic E-state index is 13.0. The van der Waals surface area contributed by atoms with E-state index in [1.807, 2.05) is 43.3 Å². The molecule has 1 aliphatic heterocycles. The average Bonchev–Trinajstić information content (AvgIpc) is 3.27. The fraction of sp³-hybridized carbons (Fsp3) is 0.318. The fourth-order valence-corrected chi connectivity index (χ4v) is 4.84. The van der Waals surface area contributed by atoms with E-state index in [4.69, 9.17) is 4.98 Å². The molecule has 2 heterocycles. The van der Waals surface area contributed by atoms with Crippen LogP contribution in [0.25, 0.3) is 11.0 Å². The van der Waals surface area contributed by atoms with Crippen LogP contribution in [0.2, 0.25) is 0 Å². The van der Waals surface area contributed by atoms with Crippen molar-refractivity contribution in [1.82, 2.24) is 9.55 Å². The Kier molecular flexibility index (Phi) is 4.98. The molecule has 0 bridgehead atoms. The number of Topliss-reactive ketones (excluding diaryl/α,β-unsaturated/α-hetero) is 1. The quantitative estimate of drug-likeness (QED) is 0.478. The van der Waals surface area contributed by atoms with E-state index in [9.17, 15) is 9.59 Å². The normalized spacial score (nSPS) is 14.3. The lowest BCUT2D eigenvalue weighted by Gasteiger charge is -2.15. The van der Waals surface area contributed by atoms with Crippen molar-refractivity contribution >= 4 is 40.2 Å². The third kappa shape index (κ3) is 3.22. The summed E-state index contributed by atoms with van der Waals surface area (Å²) in [5, 5.41) is 0.624. The molecule has 0 fully saturated rings. The number of carbonyl (C=O) groups excluding carboxylic acids is 2. The Morgan fingerprint density at radius 3 is 2.75 bits per heavy atom. The van der Waals surface area contributed by atoms with Gasteiger partial charge in [-0.15, -0.1) is 0 Å². The van der Waals surface area contributed by atoms with Gasteiger partial charge in [0, 0.05) is 31.3 Å². The second-order valence-electron chi connectivity index (χ2n) is 7.02. The summed E-state index contributed by atoms with van der Waals surface area (Å²) >= 11 is 1.50. The number of benzene rings is 2. The van der Waals surface area contributed by atoms with Gasteiger partial charge in [0.1, 0.15) is 0 Å². The lowest BCUT2D eigenvalue weighted by molar-refractivity contribution is -0.116. The van der Waals surface area contributed by atoms with Crippen LogP contribution in [-0.2, 0) is 17.8 Å². The molecule has 1 aliphatic rings. The number of ketones is 1. The van der Waals surface area contributed by atoms with Gasteiger partial charge in [-0.1, -0.05) is 23.9 Å². The Balaban J connectivity index is 1.57. The molecule has 0 saturated carbocycles. The van der Waals surface area contributed by atoms with Crippen molar-refractivity contribution in [2.75, 3.05) is 11.4 Å². The van der Waals surface area contributed by atoms with Gasteiger partial charge in [-0.3, -0.25) is 9.59 Å². The van der Waals surface area contributed by atoms with Crippen molar-refractivity contribution in [1.29, 1.82) is 0 Å². The molecule has 1 aromatic heterocycles. The molecule has 1 amide bonds. The summed E-state index contributed by atoms with van der Waals surface area (Å²) in [7, 11) is 0. The number of thioether (sulfide) groups is 1. The van der Waals surface area contributed by atoms with E-state index in [1.165, 1.54) is 11.8 Å². The van der Waals surface area contributed by atoms with Crippen LogP contribution in [0.5, 0.6) is 0 Å². The molecular formula is C22H23N3O2S. The highest BCUT2D eigenvalue weighted by Crippen LogP contribution is 2.32. The molecule has 144 valence electrons. The van der Waals surface area contributed by atoms with Gasteiger partial charge in [0.25, 0.3) is 0 Å². The molecule has 5 nitrogen and oxygen atoms in total. The maximum Gasteiger partial charge on any atom is 0.223 e. The average molecular weight is 394 g/mol. The highest BCUT2D eigenvalue weighted by Gasteiger charge is 2.25. The largest absolute Gasteiger partial charge is 0.319 e. The molecule has 6 heteroatoms. The van der Waals surface area contributed by atoms with Gasteiger partial charge >= 0.3 is 0 Å². The zero-order valence-electron chi connectivity index (χ0n) is 16.3. The number of para-hydroxylation sites is 2. The van der Waals surface area contributed by atoms with Gasteiger partial charge in [0.05, 0.1) is 16.3 Å². The molecule has 0 saturated heterocycles. The van der Waals surface area contributed by atoms with Gasteiger partial charge in [0.15, 0.2) is 10.9 Å². The van der Waals surface area contributed by atoms with Crippen LogP contribution in [0, 0.1) is 0 Å². The fourth-order valence-electron chi connectivity index (χ4n) is 3.78. The number of rotatable bonds is 5. The number of hydrogen-bond acceptors (Lipinski definition) is 4. The first-order valence-corrected chi connectivity index (χ1v) is 10.4. The van der Waals surface area contributed by atoms with E-state index in [0.29, 0.717) is 12.1 Å². The predicted octanol–water partition coefficient (Wildman–Crippen LogP) is 4.33. The van der Waals surface area contributed by atoms with Gasteiger partial charge in [0.2, 0.25) is 5.91 Å². The van der Waals surface area contributed by atoms with E-state index in [0.717, 1.165) is 40.4 Å². The number of nitrogens with zero attached hydrogens (tertiary/aromatic N) is 3. The molecule has 0 radical (unpaired) electrons. The monoisotopic (exact) mass is 393 g/mol. The number of fused-ring (bicyclic) bond motifs is 2. The van der Waals surface area contributed by atoms with Crippen LogP contribution in [0.4, 0.5) is 5.69 Å². The van der Waals surface area contributed by atoms with Crippen LogP contribution in [0.15, 0.2) is 47.6 Å². The van der Waals surface area contributed by atoms with E-state index in [2.05, 4.69) is 17.6 Å². The first-order valence-electron chi connectivity index (χ1n) is 9.56. The molecule has 1 atom stereocenters. The second kappa shape index (κ2) is 7.43. The predicted molar refractivity (Wildman–Crippen MR) is 113 cm³/mol. The molecule has 2 aromatic carbocycles. The van der Waals surface area contributed by atoms with Crippen LogP contribution >= 0.6 is 11.8 Å². The topological polar surface area (TPSA) is 55.2 Å². The second-order valence-corrected chi connectivity index (χ2v) is 8.32. The highest BCUT2D eigenvalue weighted by molar-refractivity contribution is 8.00. The summed E-state index contributed by atoms with van der Waals surface area (Å²) in [6.45, 7) is 7.09. The van der Waals surface area contributed by atoms with E-state index >= 15 is 0 Å². The minimum absolute atomic E-state index is 0.0419. The van der Waals surface area contributed by atoms with E-state index in [1.54, 1.807) is 11.8 Å². The summed E-state index contributed by atoms with van der Waals surface area (Å²) in [6, 6.07) is 13.7. The van der Waals surface area contributed by atoms with Crippen molar-refractivity contribution in [2.24, 2.45) is 0 Å². The highest BCUT2D eigenvalue weighted by atomic mass is 32.2. The molecule has 0 N–H and O–H groups in total. The summed E-state index contributed by atoms with van der Waals surface area (Å²) in [6.07, 6.45) is 0.795. The zero-order chi connectivity index (χ0) is 19.8. The van der Waals surface area contributed by atoms with Crippen molar-refractivity contribution < 1.29 is 9.59 Å². The maximum atomic E-state index is 13.0. The summed E-state index contributed by atoms with van der Waals surface area (Å²) in [5.41, 5.74) is 4.74. The number of aromatic nitrogens is 2. The third-order valence-electron chi connectivity index (χ3n) is 5.23. The Hall–Kier alpha value is -2.60. The number of amides is 1. The van der Waals surface area contributed by atoms with Crippen molar-refractivity contribution in [3.05, 3.63) is 53.6 Å². The number of anilines is 1. The smallest absolute Gasteiger partial charge is 0.223 e. The Morgan fingerprint density at radius 1 is 1.21 bits per heavy atom. The Morgan fingerprint density at radius 2 is 2.00 bits per heavy atom. The molecule has 28 heavy (non-hydrogen) atoms. The first-order chi connectivity index (χ1) is 13.5. The minimum atomic E-state index is -0.245. The van der Waals surface area contributed by atoms with Crippen LogP contribution in [-0.4, -0.2) is 33.0 Å². The van der Waals surface area contributed by atoms with Crippen molar-refractivity contribution in [3.63, 3.8) is 0 Å². The number of carbonyl (C=O) groups is 2. The number of hydrogen-bond donors (Lipinski definition) is 0. The lowest BCUT2D eigenvalue weighted by Crippen LogP contribution is -2.25. The number of imidazole rings is 1. The standard InChI is InChI=1S/C22H23N3O2S/c1-4-24-20-8-6-5-7-18(20)23-22(24)28-14(2)21(27)17-9-10-19-16(13-17)11-12-25(19)15(3)26/h5-10,13-14H,4,11-12H2,1-3H3/t14-/m1/s1. The first kappa shape index (κ1) is 18.7. The molecule has 0 spiro atoms. The van der Waals surface area contributed by atoms with E-state index in [-0.39, 0.29) is 16.9 Å². The molecular weight excluding hydrogens is 370 g/mol. The third-order valence-corrected chi connectivity index (χ3v) is 6.32. The molecule has 0 aliphatic carbocycles. The van der Waals surface area contributed by atoms with Gasteiger partial charge in [-0.2, -0.15) is 0 Å². The van der Waals surface area contributed by atoms with Gasteiger partial charge < -0.3 is 9.47 Å². The Labute approximate surface area is 168 Å². The summed E-state index contributed by atoms with van der Waals surface area (Å²) in [4.78, 5) is 31.2. The zero-order valence-corrected chi connectivity index (χ0v) is 17.1. The molecule has 4 rings (SSSR count). The minimum Gasteiger partial charge on any atom is -0.319 e. The van der Waals surface area contributed by atoms with Gasteiger partial charge in [-0.05, 0) is 56.2 Å². The SMILES string of the molecule is CCn1c(S[C@H](C)C(=O)c2ccc3c(c2)CCN3C(C)=O)nc2ccccc21. The van der Waals surface area contributed by atoms with Crippen LogP contribution in [0.3, 0.4) is 0 Å². The van der Waals surface area contributed by atoms with Crippen LogP contribution < -0.4 is 4.90 Å².